The Hall–Kier alpha value is -1.31. The zero-order chi connectivity index (χ0) is 13.9. The Morgan fingerprint density at radius 1 is 1.44 bits per heavy atom. The van der Waals surface area contributed by atoms with Gasteiger partial charge in [0.15, 0.2) is 0 Å². The molecule has 0 aliphatic rings. The Morgan fingerprint density at radius 2 is 2.06 bits per heavy atom. The van der Waals surface area contributed by atoms with Crippen LogP contribution in [0.25, 0.3) is 0 Å². The molecule has 0 spiro atoms. The van der Waals surface area contributed by atoms with E-state index in [-0.39, 0.29) is 23.2 Å². The van der Waals surface area contributed by atoms with Crippen LogP contribution in [0.2, 0.25) is 0 Å². The summed E-state index contributed by atoms with van der Waals surface area (Å²) in [5, 5.41) is 28.1. The first kappa shape index (κ1) is 14.7. The van der Waals surface area contributed by atoms with Crippen LogP contribution in [0.1, 0.15) is 28.4 Å². The summed E-state index contributed by atoms with van der Waals surface area (Å²) in [6.07, 6.45) is -2.59. The minimum atomic E-state index is -1.52. The lowest BCUT2D eigenvalue weighted by atomic mass is 9.99. The van der Waals surface area contributed by atoms with E-state index in [1.807, 2.05) is 0 Å². The summed E-state index contributed by atoms with van der Waals surface area (Å²) < 4.78 is 13.6. The van der Waals surface area contributed by atoms with Gasteiger partial charge in [0.1, 0.15) is 11.9 Å². The van der Waals surface area contributed by atoms with E-state index in [2.05, 4.69) is 12.6 Å². The number of aromatic carboxylic acids is 1. The first-order chi connectivity index (χ1) is 8.38. The Morgan fingerprint density at radius 3 is 2.56 bits per heavy atom. The summed E-state index contributed by atoms with van der Waals surface area (Å²) in [4.78, 5) is 10.8. The van der Waals surface area contributed by atoms with E-state index in [0.717, 1.165) is 12.1 Å². The average Bonchev–Trinajstić information content (AvgIpc) is 2.28. The molecule has 18 heavy (non-hydrogen) atoms. The van der Waals surface area contributed by atoms with Crippen LogP contribution in [-0.4, -0.2) is 33.1 Å². The maximum Gasteiger partial charge on any atom is 0.337 e. The molecule has 0 amide bonds. The number of carbonyl (C=O) groups is 1. The highest BCUT2D eigenvalue weighted by molar-refractivity contribution is 7.80. The molecule has 0 saturated heterocycles. The number of aliphatic hydroxyl groups is 2. The van der Waals surface area contributed by atoms with Gasteiger partial charge in [-0.25, -0.2) is 9.18 Å². The molecule has 0 bridgehead atoms. The van der Waals surface area contributed by atoms with Gasteiger partial charge in [0, 0.05) is 11.3 Å². The molecular weight excluding hydrogens is 261 g/mol. The van der Waals surface area contributed by atoms with Crippen molar-refractivity contribution in [3.8, 4) is 0 Å². The van der Waals surface area contributed by atoms with Crippen molar-refractivity contribution in [1.29, 1.82) is 0 Å². The van der Waals surface area contributed by atoms with Gasteiger partial charge in [-0.2, -0.15) is 12.6 Å². The molecule has 1 aromatic rings. The van der Waals surface area contributed by atoms with Gasteiger partial charge in [0.05, 0.1) is 11.7 Å². The van der Waals surface area contributed by atoms with Crippen molar-refractivity contribution in [3.05, 3.63) is 29.1 Å². The molecule has 0 aromatic heterocycles. The van der Waals surface area contributed by atoms with Crippen molar-refractivity contribution in [1.82, 2.24) is 0 Å². The van der Waals surface area contributed by atoms with Gasteiger partial charge in [-0.15, -0.1) is 0 Å². The third-order valence-electron chi connectivity index (χ3n) is 2.51. The lowest BCUT2D eigenvalue weighted by Gasteiger charge is -2.18. The quantitative estimate of drug-likeness (QED) is 0.404. The van der Waals surface area contributed by atoms with Crippen LogP contribution in [0.5, 0.6) is 0 Å². The summed E-state index contributed by atoms with van der Waals surface area (Å²) >= 11 is 3.88. The molecular formula is C11H14FNO4S. The molecule has 0 fully saturated rings. The fourth-order valence-electron chi connectivity index (χ4n) is 1.51. The van der Waals surface area contributed by atoms with Gasteiger partial charge >= 0.3 is 5.97 Å². The van der Waals surface area contributed by atoms with Crippen LogP contribution in [-0.2, 0) is 0 Å². The third kappa shape index (κ3) is 3.12. The topological polar surface area (TPSA) is 104 Å². The minimum Gasteiger partial charge on any atom is -0.478 e. The van der Waals surface area contributed by atoms with Gasteiger partial charge in [-0.3, -0.25) is 0 Å². The maximum atomic E-state index is 13.6. The van der Waals surface area contributed by atoms with Gasteiger partial charge < -0.3 is 21.1 Å². The summed E-state index contributed by atoms with van der Waals surface area (Å²) in [6, 6.07) is 1.74. The summed E-state index contributed by atoms with van der Waals surface area (Å²) in [5.74, 6) is -1.88. The van der Waals surface area contributed by atoms with E-state index in [9.17, 15) is 19.4 Å². The van der Waals surface area contributed by atoms with Crippen molar-refractivity contribution in [2.75, 3.05) is 11.5 Å². The van der Waals surface area contributed by atoms with E-state index in [4.69, 9.17) is 10.8 Å². The van der Waals surface area contributed by atoms with E-state index >= 15 is 0 Å². The second-order valence-corrected chi connectivity index (χ2v) is 4.24. The smallest absolute Gasteiger partial charge is 0.337 e. The van der Waals surface area contributed by atoms with Gasteiger partial charge in [0.2, 0.25) is 0 Å². The predicted molar refractivity (Wildman–Crippen MR) is 67.2 cm³/mol. The predicted octanol–water partition coefficient (Wildman–Crippen LogP) is 0.820. The average molecular weight is 275 g/mol. The molecule has 5 nitrogen and oxygen atoms in total. The molecule has 0 heterocycles. The number of benzene rings is 1. The highest BCUT2D eigenvalue weighted by Crippen LogP contribution is 2.26. The van der Waals surface area contributed by atoms with Crippen molar-refractivity contribution in [2.45, 2.75) is 18.6 Å². The molecule has 5 N–H and O–H groups in total. The number of carboxylic acid groups (broad SMARTS) is 1. The van der Waals surface area contributed by atoms with Gasteiger partial charge in [0.25, 0.3) is 0 Å². The van der Waals surface area contributed by atoms with E-state index in [0.29, 0.717) is 5.75 Å². The first-order valence-electron chi connectivity index (χ1n) is 5.17. The van der Waals surface area contributed by atoms with Gasteiger partial charge in [-0.1, -0.05) is 0 Å². The Kier molecular flexibility index (Phi) is 4.94. The fraction of sp³-hybridized carbons (Fsp3) is 0.364. The third-order valence-corrected chi connectivity index (χ3v) is 2.77. The number of anilines is 1. The molecule has 1 rings (SSSR count). The summed E-state index contributed by atoms with van der Waals surface area (Å²) in [7, 11) is 0. The molecule has 7 heteroatoms. The molecule has 0 saturated carbocycles. The van der Waals surface area contributed by atoms with Crippen molar-refractivity contribution in [3.63, 3.8) is 0 Å². The Balaban J connectivity index is 3.15. The molecule has 2 unspecified atom stereocenters. The highest BCUT2D eigenvalue weighted by atomic mass is 32.1. The van der Waals surface area contributed by atoms with Crippen LogP contribution in [0.4, 0.5) is 10.1 Å². The number of aliphatic hydroxyl groups excluding tert-OH is 2. The molecule has 1 aromatic carbocycles. The molecule has 0 aliphatic heterocycles. The van der Waals surface area contributed by atoms with E-state index < -0.39 is 24.0 Å². The number of halogens is 1. The largest absolute Gasteiger partial charge is 0.478 e. The summed E-state index contributed by atoms with van der Waals surface area (Å²) in [6.45, 7) is 0. The van der Waals surface area contributed by atoms with Crippen LogP contribution in [0.15, 0.2) is 12.1 Å². The van der Waals surface area contributed by atoms with Crippen molar-refractivity contribution in [2.24, 2.45) is 0 Å². The number of hydrogen-bond acceptors (Lipinski definition) is 5. The van der Waals surface area contributed by atoms with Crippen LogP contribution >= 0.6 is 12.6 Å². The monoisotopic (exact) mass is 275 g/mol. The number of nitrogens with two attached hydrogens (primary N) is 1. The first-order valence-corrected chi connectivity index (χ1v) is 5.81. The second-order valence-electron chi connectivity index (χ2n) is 3.79. The fourth-order valence-corrected chi connectivity index (χ4v) is 1.78. The van der Waals surface area contributed by atoms with Crippen LogP contribution < -0.4 is 5.73 Å². The van der Waals surface area contributed by atoms with Crippen LogP contribution in [0, 0.1) is 5.82 Å². The van der Waals surface area contributed by atoms with Crippen LogP contribution in [0.3, 0.4) is 0 Å². The Bertz CT molecular complexity index is 455. The van der Waals surface area contributed by atoms with E-state index in [1.165, 1.54) is 0 Å². The minimum absolute atomic E-state index is 0.149. The number of hydrogen-bond donors (Lipinski definition) is 5. The zero-order valence-electron chi connectivity index (χ0n) is 9.38. The maximum absolute atomic E-state index is 13.6. The lowest BCUT2D eigenvalue weighted by Crippen LogP contribution is -2.20. The Labute approximate surface area is 108 Å². The number of rotatable bonds is 5. The lowest BCUT2D eigenvalue weighted by molar-refractivity contribution is 0.0151. The van der Waals surface area contributed by atoms with E-state index in [1.54, 1.807) is 0 Å². The van der Waals surface area contributed by atoms with Crippen molar-refractivity contribution >= 4 is 24.3 Å². The van der Waals surface area contributed by atoms with Gasteiger partial charge in [-0.05, 0) is 24.3 Å². The molecule has 0 aliphatic carbocycles. The number of thiol groups is 1. The SMILES string of the molecule is Nc1cc(F)c(C(O)C(O)CCS)cc1C(=O)O. The van der Waals surface area contributed by atoms with Crippen molar-refractivity contribution < 1.29 is 24.5 Å². The normalized spacial score (nSPS) is 14.2. The molecule has 100 valence electrons. The zero-order valence-corrected chi connectivity index (χ0v) is 10.3. The standard InChI is InChI=1S/C11H14FNO4S/c12-7-4-8(13)6(11(16)17)3-5(7)10(15)9(14)1-2-18/h3-4,9-10,14-15,18H,1-2,13H2,(H,16,17). The second kappa shape index (κ2) is 6.03. The molecule has 0 radical (unpaired) electrons. The number of nitrogen functional groups attached to an aromatic ring is 1. The summed E-state index contributed by atoms with van der Waals surface area (Å²) in [5.41, 5.74) is 4.50. The number of carboxylic acids is 1. The molecule has 2 atom stereocenters. The highest BCUT2D eigenvalue weighted by Gasteiger charge is 2.23.